The molecule has 0 amide bonds. The number of ether oxygens (including phenoxy) is 1. The fourth-order valence-electron chi connectivity index (χ4n) is 2.84. The SMILES string of the molecule is CC(=O)Oc1cc(C(=O)c2cccs2)c(Cl)cc1Nc1ncnc2ccccc12. The minimum Gasteiger partial charge on any atom is -0.424 e. The molecule has 8 heteroatoms. The van der Waals surface area contributed by atoms with Gasteiger partial charge in [-0.3, -0.25) is 9.59 Å². The highest BCUT2D eigenvalue weighted by Crippen LogP contribution is 2.36. The molecule has 0 radical (unpaired) electrons. The number of ketones is 1. The number of hydrogen-bond donors (Lipinski definition) is 1. The Morgan fingerprint density at radius 3 is 2.69 bits per heavy atom. The highest BCUT2D eigenvalue weighted by molar-refractivity contribution is 7.12. The van der Waals surface area contributed by atoms with Crippen LogP contribution in [-0.2, 0) is 4.79 Å². The lowest BCUT2D eigenvalue weighted by atomic mass is 10.1. The van der Waals surface area contributed by atoms with Gasteiger partial charge in [-0.1, -0.05) is 29.8 Å². The fraction of sp³-hybridized carbons (Fsp3) is 0.0476. The third-order valence-corrected chi connectivity index (χ3v) is 5.29. The number of anilines is 2. The van der Waals surface area contributed by atoms with Crippen molar-refractivity contribution in [3.05, 3.63) is 75.7 Å². The zero-order chi connectivity index (χ0) is 20.4. The molecule has 0 saturated carbocycles. The molecule has 0 saturated heterocycles. The maximum atomic E-state index is 12.8. The normalized spacial score (nSPS) is 10.7. The van der Waals surface area contributed by atoms with Crippen molar-refractivity contribution >= 4 is 57.1 Å². The van der Waals surface area contributed by atoms with Gasteiger partial charge in [-0.05, 0) is 35.7 Å². The topological polar surface area (TPSA) is 81.2 Å². The van der Waals surface area contributed by atoms with Gasteiger partial charge in [0.25, 0.3) is 0 Å². The molecule has 6 nitrogen and oxygen atoms in total. The number of para-hydroxylation sites is 1. The summed E-state index contributed by atoms with van der Waals surface area (Å²) in [4.78, 5) is 33.4. The molecule has 29 heavy (non-hydrogen) atoms. The summed E-state index contributed by atoms with van der Waals surface area (Å²) in [6.45, 7) is 1.29. The van der Waals surface area contributed by atoms with Gasteiger partial charge in [0.1, 0.15) is 12.1 Å². The second kappa shape index (κ2) is 7.98. The quantitative estimate of drug-likeness (QED) is 0.268. The summed E-state index contributed by atoms with van der Waals surface area (Å²) in [5.74, 6) is -0.0446. The van der Waals surface area contributed by atoms with E-state index < -0.39 is 5.97 Å². The van der Waals surface area contributed by atoms with Crippen LogP contribution in [0.15, 0.2) is 60.2 Å². The molecule has 0 aliphatic rings. The minimum absolute atomic E-state index is 0.185. The Kier molecular flexibility index (Phi) is 5.24. The summed E-state index contributed by atoms with van der Waals surface area (Å²) in [5, 5.41) is 5.98. The van der Waals surface area contributed by atoms with Gasteiger partial charge in [0.05, 0.1) is 21.1 Å². The van der Waals surface area contributed by atoms with Gasteiger partial charge >= 0.3 is 5.97 Å². The van der Waals surface area contributed by atoms with E-state index in [1.807, 2.05) is 29.6 Å². The Bertz CT molecular complexity index is 1220. The zero-order valence-electron chi connectivity index (χ0n) is 15.2. The van der Waals surface area contributed by atoms with Crippen molar-refractivity contribution in [2.24, 2.45) is 0 Å². The lowest BCUT2D eigenvalue weighted by Gasteiger charge is -2.14. The van der Waals surface area contributed by atoms with Crippen LogP contribution in [0.2, 0.25) is 5.02 Å². The molecule has 0 unspecified atom stereocenters. The van der Waals surface area contributed by atoms with E-state index in [-0.39, 0.29) is 22.1 Å². The van der Waals surface area contributed by atoms with Gasteiger partial charge in [0.15, 0.2) is 5.75 Å². The van der Waals surface area contributed by atoms with Crippen molar-refractivity contribution in [3.63, 3.8) is 0 Å². The van der Waals surface area contributed by atoms with Crippen LogP contribution in [0, 0.1) is 0 Å². The molecule has 2 aromatic carbocycles. The van der Waals surface area contributed by atoms with Crippen molar-refractivity contribution in [2.75, 3.05) is 5.32 Å². The fourth-order valence-corrected chi connectivity index (χ4v) is 3.76. The Labute approximate surface area is 175 Å². The van der Waals surface area contributed by atoms with E-state index in [1.165, 1.54) is 30.7 Å². The number of carbonyl (C=O) groups is 2. The summed E-state index contributed by atoms with van der Waals surface area (Å²) in [6.07, 6.45) is 1.44. The molecule has 4 aromatic rings. The third-order valence-electron chi connectivity index (χ3n) is 4.11. The Balaban J connectivity index is 1.79. The highest BCUT2D eigenvalue weighted by Gasteiger charge is 2.19. The number of halogens is 1. The molecule has 144 valence electrons. The first-order chi connectivity index (χ1) is 14.0. The summed E-state index contributed by atoms with van der Waals surface area (Å²) in [5.41, 5.74) is 1.43. The Morgan fingerprint density at radius 2 is 1.93 bits per heavy atom. The van der Waals surface area contributed by atoms with Crippen LogP contribution in [0.3, 0.4) is 0 Å². The van der Waals surface area contributed by atoms with E-state index in [0.717, 1.165) is 10.9 Å². The van der Waals surface area contributed by atoms with Gasteiger partial charge in [-0.2, -0.15) is 0 Å². The first-order valence-corrected chi connectivity index (χ1v) is 9.85. The third kappa shape index (κ3) is 3.96. The van der Waals surface area contributed by atoms with E-state index >= 15 is 0 Å². The molecule has 0 fully saturated rings. The lowest BCUT2D eigenvalue weighted by molar-refractivity contribution is -0.131. The molecule has 1 N–H and O–H groups in total. The van der Waals surface area contributed by atoms with Gasteiger partial charge in [-0.25, -0.2) is 9.97 Å². The molecule has 0 aliphatic heterocycles. The Hall–Kier alpha value is -3.29. The lowest BCUT2D eigenvalue weighted by Crippen LogP contribution is -2.08. The van der Waals surface area contributed by atoms with Crippen LogP contribution in [0.1, 0.15) is 22.2 Å². The molecule has 0 spiro atoms. The van der Waals surface area contributed by atoms with Crippen LogP contribution in [-0.4, -0.2) is 21.7 Å². The average Bonchev–Trinajstić information content (AvgIpc) is 3.24. The van der Waals surface area contributed by atoms with Crippen LogP contribution >= 0.6 is 22.9 Å². The van der Waals surface area contributed by atoms with Crippen molar-refractivity contribution in [3.8, 4) is 5.75 Å². The molecular formula is C21H14ClN3O3S. The summed E-state index contributed by atoms with van der Waals surface area (Å²) < 4.78 is 5.34. The average molecular weight is 424 g/mol. The van der Waals surface area contributed by atoms with Crippen LogP contribution in [0.4, 0.5) is 11.5 Å². The van der Waals surface area contributed by atoms with Gasteiger partial charge in [-0.15, -0.1) is 11.3 Å². The van der Waals surface area contributed by atoms with Crippen molar-refractivity contribution in [1.29, 1.82) is 0 Å². The number of benzene rings is 2. The van der Waals surface area contributed by atoms with E-state index in [0.29, 0.717) is 16.4 Å². The van der Waals surface area contributed by atoms with E-state index in [1.54, 1.807) is 18.2 Å². The van der Waals surface area contributed by atoms with Crippen LogP contribution in [0.25, 0.3) is 10.9 Å². The van der Waals surface area contributed by atoms with E-state index in [2.05, 4.69) is 15.3 Å². The van der Waals surface area contributed by atoms with E-state index in [4.69, 9.17) is 16.3 Å². The standard InChI is InChI=1S/C21H14ClN3O3S/c1-12(26)28-18-9-14(20(27)19-7-4-8-29-19)15(22)10-17(18)25-21-13-5-2-3-6-16(13)23-11-24-21/h2-11H,1H3,(H,23,24,25). The van der Waals surface area contributed by atoms with Crippen molar-refractivity contribution in [2.45, 2.75) is 6.92 Å². The number of carbonyl (C=O) groups excluding carboxylic acids is 2. The number of fused-ring (bicyclic) bond motifs is 1. The number of nitrogens with one attached hydrogen (secondary N) is 1. The van der Waals surface area contributed by atoms with E-state index in [9.17, 15) is 9.59 Å². The number of nitrogens with zero attached hydrogens (tertiary/aromatic N) is 2. The molecule has 2 aromatic heterocycles. The second-order valence-electron chi connectivity index (χ2n) is 6.09. The van der Waals surface area contributed by atoms with Gasteiger partial charge in [0, 0.05) is 17.9 Å². The van der Waals surface area contributed by atoms with Gasteiger partial charge < -0.3 is 10.1 Å². The molecular weight excluding hydrogens is 410 g/mol. The molecule has 4 rings (SSSR count). The monoisotopic (exact) mass is 423 g/mol. The first-order valence-electron chi connectivity index (χ1n) is 8.60. The number of esters is 1. The predicted molar refractivity (Wildman–Crippen MR) is 113 cm³/mol. The number of thiophene rings is 1. The zero-order valence-corrected chi connectivity index (χ0v) is 16.8. The molecule has 2 heterocycles. The molecule has 0 bridgehead atoms. The van der Waals surface area contributed by atoms with Crippen molar-refractivity contribution < 1.29 is 14.3 Å². The Morgan fingerprint density at radius 1 is 1.10 bits per heavy atom. The summed E-state index contributed by atoms with van der Waals surface area (Å²) in [7, 11) is 0. The second-order valence-corrected chi connectivity index (χ2v) is 7.45. The maximum Gasteiger partial charge on any atom is 0.308 e. The predicted octanol–water partition coefficient (Wildman–Crippen LogP) is 5.24. The highest BCUT2D eigenvalue weighted by atomic mass is 35.5. The summed E-state index contributed by atoms with van der Waals surface area (Å²) in [6, 6.07) is 14.0. The largest absolute Gasteiger partial charge is 0.424 e. The number of rotatable bonds is 5. The first kappa shape index (κ1) is 19.0. The minimum atomic E-state index is -0.516. The number of aromatic nitrogens is 2. The molecule has 0 aliphatic carbocycles. The van der Waals surface area contributed by atoms with Crippen LogP contribution in [0.5, 0.6) is 5.75 Å². The number of hydrogen-bond acceptors (Lipinski definition) is 7. The maximum absolute atomic E-state index is 12.8. The van der Waals surface area contributed by atoms with Crippen molar-refractivity contribution in [1.82, 2.24) is 9.97 Å². The smallest absolute Gasteiger partial charge is 0.308 e. The van der Waals surface area contributed by atoms with Crippen LogP contribution < -0.4 is 10.1 Å². The molecule has 0 atom stereocenters. The van der Waals surface area contributed by atoms with Gasteiger partial charge in [0.2, 0.25) is 5.78 Å². The summed E-state index contributed by atoms with van der Waals surface area (Å²) >= 11 is 7.72.